The first kappa shape index (κ1) is 13.8. The van der Waals surface area contributed by atoms with Crippen LogP contribution in [0.1, 0.15) is 22.8 Å². The molecule has 94 valence electrons. The van der Waals surface area contributed by atoms with Gasteiger partial charge in [-0.1, -0.05) is 0 Å². The summed E-state index contributed by atoms with van der Waals surface area (Å²) in [5.41, 5.74) is -0.475. The van der Waals surface area contributed by atoms with Crippen LogP contribution in [0.25, 0.3) is 0 Å². The molecule has 1 unspecified atom stereocenters. The van der Waals surface area contributed by atoms with Crippen molar-refractivity contribution in [3.8, 4) is 0 Å². The van der Waals surface area contributed by atoms with Crippen molar-refractivity contribution in [3.05, 3.63) is 34.9 Å². The van der Waals surface area contributed by atoms with E-state index in [0.29, 0.717) is 0 Å². The summed E-state index contributed by atoms with van der Waals surface area (Å²) >= 11 is 0. The number of carbonyl (C=O) groups is 1. The molecule has 17 heavy (non-hydrogen) atoms. The molecular formula is C11H12F2O3S. The molecule has 6 heteroatoms. The molecule has 0 heterocycles. The second-order valence-electron chi connectivity index (χ2n) is 3.92. The van der Waals surface area contributed by atoms with E-state index < -0.39 is 38.1 Å². The number of hydrogen-bond donors (Lipinski definition) is 0. The number of rotatable bonds is 3. The van der Waals surface area contributed by atoms with E-state index in [0.717, 1.165) is 25.3 Å². The highest BCUT2D eigenvalue weighted by molar-refractivity contribution is 7.92. The largest absolute Gasteiger partial charge is 0.293 e. The third-order valence-electron chi connectivity index (χ3n) is 2.53. The average Bonchev–Trinajstić information content (AvgIpc) is 2.20. The van der Waals surface area contributed by atoms with E-state index in [1.54, 1.807) is 0 Å². The standard InChI is InChI=1S/C11H12F2O3S/c1-6-4-10(13)8(5-9(6)12)11(14)7(2)17(3,15)16/h4-5,7H,1-3H3. The number of hydrogen-bond acceptors (Lipinski definition) is 3. The lowest BCUT2D eigenvalue weighted by atomic mass is 10.1. The molecule has 0 fully saturated rings. The first-order chi connectivity index (χ1) is 7.64. The number of Topliss-reactive ketones (excluding diaryl/α,β-unsaturated/α-hetero) is 1. The number of halogens is 2. The molecule has 0 saturated carbocycles. The molecule has 3 nitrogen and oxygen atoms in total. The van der Waals surface area contributed by atoms with E-state index in [4.69, 9.17) is 0 Å². The lowest BCUT2D eigenvalue weighted by Crippen LogP contribution is -2.27. The van der Waals surface area contributed by atoms with Gasteiger partial charge in [-0.05, 0) is 31.5 Å². The van der Waals surface area contributed by atoms with Gasteiger partial charge in [0.25, 0.3) is 0 Å². The van der Waals surface area contributed by atoms with Crippen LogP contribution in [-0.2, 0) is 9.84 Å². The van der Waals surface area contributed by atoms with Crippen LogP contribution < -0.4 is 0 Å². The second-order valence-corrected chi connectivity index (χ2v) is 6.28. The molecule has 0 radical (unpaired) electrons. The molecule has 0 aliphatic rings. The summed E-state index contributed by atoms with van der Waals surface area (Å²) in [6.45, 7) is 2.50. The van der Waals surface area contributed by atoms with Crippen LogP contribution >= 0.6 is 0 Å². The Labute approximate surface area is 98.4 Å². The average molecular weight is 262 g/mol. The predicted molar refractivity (Wildman–Crippen MR) is 59.7 cm³/mol. The van der Waals surface area contributed by atoms with Gasteiger partial charge in [0.2, 0.25) is 0 Å². The number of aryl methyl sites for hydroxylation is 1. The summed E-state index contributed by atoms with van der Waals surface area (Å²) < 4.78 is 49.0. The van der Waals surface area contributed by atoms with Crippen molar-refractivity contribution >= 4 is 15.6 Å². The lowest BCUT2D eigenvalue weighted by Gasteiger charge is -2.10. The predicted octanol–water partition coefficient (Wildman–Crippen LogP) is 1.89. The lowest BCUT2D eigenvalue weighted by molar-refractivity contribution is 0.0987. The zero-order valence-electron chi connectivity index (χ0n) is 9.62. The van der Waals surface area contributed by atoms with E-state index in [1.165, 1.54) is 6.92 Å². The first-order valence-corrected chi connectivity index (χ1v) is 6.78. The monoisotopic (exact) mass is 262 g/mol. The smallest absolute Gasteiger partial charge is 0.183 e. The van der Waals surface area contributed by atoms with Crippen molar-refractivity contribution in [1.82, 2.24) is 0 Å². The van der Waals surface area contributed by atoms with Gasteiger partial charge in [-0.3, -0.25) is 4.79 Å². The summed E-state index contributed by atoms with van der Waals surface area (Å²) in [5, 5.41) is -1.39. The molecule has 1 aromatic carbocycles. The Morgan fingerprint density at radius 3 is 2.24 bits per heavy atom. The van der Waals surface area contributed by atoms with Crippen LogP contribution in [-0.4, -0.2) is 25.7 Å². The van der Waals surface area contributed by atoms with E-state index >= 15 is 0 Å². The molecule has 0 N–H and O–H groups in total. The van der Waals surface area contributed by atoms with Crippen molar-refractivity contribution < 1.29 is 22.0 Å². The maximum atomic E-state index is 13.4. The quantitative estimate of drug-likeness (QED) is 0.782. The molecule has 1 aromatic rings. The van der Waals surface area contributed by atoms with Crippen molar-refractivity contribution in [2.45, 2.75) is 19.1 Å². The number of benzene rings is 1. The normalized spacial score (nSPS) is 13.5. The van der Waals surface area contributed by atoms with Crippen LogP contribution in [0.15, 0.2) is 12.1 Å². The van der Waals surface area contributed by atoms with Gasteiger partial charge in [-0.2, -0.15) is 0 Å². The van der Waals surface area contributed by atoms with E-state index in [9.17, 15) is 22.0 Å². The van der Waals surface area contributed by atoms with Crippen LogP contribution in [0, 0.1) is 18.6 Å². The Bertz CT molecular complexity index is 564. The summed E-state index contributed by atoms with van der Waals surface area (Å²) in [6, 6.07) is 1.60. The maximum Gasteiger partial charge on any atom is 0.183 e. The van der Waals surface area contributed by atoms with Gasteiger partial charge in [0.15, 0.2) is 15.6 Å². The molecule has 0 aliphatic carbocycles. The third-order valence-corrected chi connectivity index (χ3v) is 4.02. The Kier molecular flexibility index (Phi) is 3.66. The van der Waals surface area contributed by atoms with Crippen LogP contribution in [0.2, 0.25) is 0 Å². The molecule has 0 aliphatic heterocycles. The molecule has 0 aromatic heterocycles. The van der Waals surface area contributed by atoms with Crippen LogP contribution in [0.4, 0.5) is 8.78 Å². The number of carbonyl (C=O) groups excluding carboxylic acids is 1. The molecular weight excluding hydrogens is 250 g/mol. The minimum absolute atomic E-state index is 0.0612. The van der Waals surface area contributed by atoms with E-state index in [1.807, 2.05) is 0 Å². The van der Waals surface area contributed by atoms with Gasteiger partial charge < -0.3 is 0 Å². The molecule has 1 rings (SSSR count). The second kappa shape index (κ2) is 4.52. The molecule has 0 amide bonds. The van der Waals surface area contributed by atoms with Crippen molar-refractivity contribution in [2.75, 3.05) is 6.26 Å². The zero-order valence-corrected chi connectivity index (χ0v) is 10.4. The third kappa shape index (κ3) is 2.88. The fourth-order valence-corrected chi connectivity index (χ4v) is 1.76. The van der Waals surface area contributed by atoms with Gasteiger partial charge >= 0.3 is 0 Å². The Morgan fingerprint density at radius 1 is 1.24 bits per heavy atom. The van der Waals surface area contributed by atoms with Gasteiger partial charge in [0, 0.05) is 6.26 Å². The number of sulfone groups is 1. The SMILES string of the molecule is Cc1cc(F)c(C(=O)C(C)S(C)(=O)=O)cc1F. The van der Waals surface area contributed by atoms with E-state index in [2.05, 4.69) is 0 Å². The first-order valence-electron chi connectivity index (χ1n) is 4.83. The highest BCUT2D eigenvalue weighted by Gasteiger charge is 2.27. The zero-order chi connectivity index (χ0) is 13.4. The molecule has 0 bridgehead atoms. The van der Waals surface area contributed by atoms with Gasteiger partial charge in [-0.15, -0.1) is 0 Å². The summed E-state index contributed by atoms with van der Waals surface area (Å²) in [6.07, 6.45) is 0.873. The van der Waals surface area contributed by atoms with Gasteiger partial charge in [-0.25, -0.2) is 17.2 Å². The van der Waals surface area contributed by atoms with Gasteiger partial charge in [0.05, 0.1) is 5.56 Å². The van der Waals surface area contributed by atoms with Gasteiger partial charge in [0.1, 0.15) is 16.9 Å². The topological polar surface area (TPSA) is 51.2 Å². The fraction of sp³-hybridized carbons (Fsp3) is 0.364. The summed E-state index contributed by atoms with van der Waals surface area (Å²) in [7, 11) is -3.63. The molecule has 1 atom stereocenters. The summed E-state index contributed by atoms with van der Waals surface area (Å²) in [5.74, 6) is -2.59. The Morgan fingerprint density at radius 2 is 1.76 bits per heavy atom. The van der Waals surface area contributed by atoms with Crippen LogP contribution in [0.5, 0.6) is 0 Å². The molecule has 0 spiro atoms. The van der Waals surface area contributed by atoms with Crippen molar-refractivity contribution in [1.29, 1.82) is 0 Å². The highest BCUT2D eigenvalue weighted by Crippen LogP contribution is 2.17. The fourth-order valence-electron chi connectivity index (χ4n) is 1.25. The highest BCUT2D eigenvalue weighted by atomic mass is 32.2. The van der Waals surface area contributed by atoms with Crippen LogP contribution in [0.3, 0.4) is 0 Å². The van der Waals surface area contributed by atoms with Crippen molar-refractivity contribution in [3.63, 3.8) is 0 Å². The maximum absolute atomic E-state index is 13.4. The summed E-state index contributed by atoms with van der Waals surface area (Å²) in [4.78, 5) is 11.7. The minimum Gasteiger partial charge on any atom is -0.293 e. The minimum atomic E-state index is -3.63. The van der Waals surface area contributed by atoms with E-state index in [-0.39, 0.29) is 5.56 Å². The molecule has 0 saturated heterocycles. The Balaban J connectivity index is 3.27. The van der Waals surface area contributed by atoms with Crippen molar-refractivity contribution in [2.24, 2.45) is 0 Å². The number of ketones is 1. The Hall–Kier alpha value is -1.30.